The maximum absolute atomic E-state index is 12.9. The predicted molar refractivity (Wildman–Crippen MR) is 97.5 cm³/mol. The molecule has 0 bridgehead atoms. The predicted octanol–water partition coefficient (Wildman–Crippen LogP) is 2.35. The Morgan fingerprint density at radius 2 is 2.12 bits per heavy atom. The zero-order chi connectivity index (χ0) is 16.1. The lowest BCUT2D eigenvalue weighted by Gasteiger charge is -2.21. The van der Waals surface area contributed by atoms with E-state index in [9.17, 15) is 4.79 Å². The number of benzene rings is 1. The van der Waals surface area contributed by atoms with E-state index in [1.54, 1.807) is 6.08 Å². The SMILES string of the molecule is C=CCN(CCc1ccccc1)C(=O)c1n[nH]c2c1CNCC2.Cl. The third-order valence-electron chi connectivity index (χ3n) is 4.16. The Morgan fingerprint density at radius 3 is 2.88 bits per heavy atom. The van der Waals surface area contributed by atoms with Crippen LogP contribution in [0.25, 0.3) is 0 Å². The number of carbonyl (C=O) groups excluding carboxylic acids is 1. The van der Waals surface area contributed by atoms with Crippen molar-refractivity contribution in [1.82, 2.24) is 20.4 Å². The smallest absolute Gasteiger partial charge is 0.274 e. The van der Waals surface area contributed by atoms with E-state index in [1.807, 2.05) is 23.1 Å². The van der Waals surface area contributed by atoms with Crippen LogP contribution in [0.3, 0.4) is 0 Å². The molecule has 5 nitrogen and oxygen atoms in total. The van der Waals surface area contributed by atoms with Crippen molar-refractivity contribution < 1.29 is 4.79 Å². The van der Waals surface area contributed by atoms with Crippen LogP contribution in [0.1, 0.15) is 27.3 Å². The lowest BCUT2D eigenvalue weighted by molar-refractivity contribution is 0.0768. The van der Waals surface area contributed by atoms with Gasteiger partial charge in [0.2, 0.25) is 0 Å². The molecule has 2 N–H and O–H groups in total. The minimum absolute atomic E-state index is 0. The van der Waals surface area contributed by atoms with Gasteiger partial charge in [0, 0.05) is 43.9 Å². The summed E-state index contributed by atoms with van der Waals surface area (Å²) in [5, 5.41) is 10.6. The van der Waals surface area contributed by atoms with Crippen LogP contribution in [-0.4, -0.2) is 40.6 Å². The van der Waals surface area contributed by atoms with E-state index in [0.717, 1.165) is 30.6 Å². The Morgan fingerprint density at radius 1 is 1.33 bits per heavy atom. The number of amides is 1. The van der Waals surface area contributed by atoms with Crippen LogP contribution < -0.4 is 5.32 Å². The fraction of sp³-hybridized carbons (Fsp3) is 0.333. The summed E-state index contributed by atoms with van der Waals surface area (Å²) in [6, 6.07) is 10.2. The van der Waals surface area contributed by atoms with Gasteiger partial charge in [0.15, 0.2) is 5.69 Å². The monoisotopic (exact) mass is 346 g/mol. The standard InChI is InChI=1S/C18H22N4O.ClH/c1-2-11-22(12-9-14-6-4-3-5-7-14)18(23)17-15-13-19-10-8-16(15)20-21-17;/h2-7,19H,1,8-13H2,(H,20,21);1H. The molecule has 2 aromatic rings. The summed E-state index contributed by atoms with van der Waals surface area (Å²) in [7, 11) is 0. The molecular weight excluding hydrogens is 324 g/mol. The maximum atomic E-state index is 12.9. The summed E-state index contributed by atoms with van der Waals surface area (Å²) < 4.78 is 0. The highest BCUT2D eigenvalue weighted by Crippen LogP contribution is 2.17. The Balaban J connectivity index is 0.00000208. The van der Waals surface area contributed by atoms with E-state index in [4.69, 9.17) is 0 Å². The van der Waals surface area contributed by atoms with E-state index in [1.165, 1.54) is 5.56 Å². The van der Waals surface area contributed by atoms with Gasteiger partial charge in [0.25, 0.3) is 5.91 Å². The van der Waals surface area contributed by atoms with E-state index >= 15 is 0 Å². The summed E-state index contributed by atoms with van der Waals surface area (Å²) in [6.07, 6.45) is 3.48. The average molecular weight is 347 g/mol. The van der Waals surface area contributed by atoms with Crippen LogP contribution in [0, 0.1) is 0 Å². The van der Waals surface area contributed by atoms with E-state index < -0.39 is 0 Å². The van der Waals surface area contributed by atoms with Crippen LogP contribution in [0.4, 0.5) is 0 Å². The Bertz CT molecular complexity index is 684. The molecule has 0 fully saturated rings. The molecule has 0 spiro atoms. The van der Waals surface area contributed by atoms with E-state index in [0.29, 0.717) is 25.3 Å². The highest BCUT2D eigenvalue weighted by molar-refractivity contribution is 5.94. The van der Waals surface area contributed by atoms with Crippen molar-refractivity contribution in [2.75, 3.05) is 19.6 Å². The second-order valence-electron chi connectivity index (χ2n) is 5.73. The van der Waals surface area contributed by atoms with Crippen molar-refractivity contribution in [3.8, 4) is 0 Å². The number of carbonyl (C=O) groups is 1. The van der Waals surface area contributed by atoms with Crippen molar-refractivity contribution in [3.63, 3.8) is 0 Å². The molecule has 128 valence electrons. The number of aromatic nitrogens is 2. The van der Waals surface area contributed by atoms with E-state index in [2.05, 4.69) is 34.2 Å². The van der Waals surface area contributed by atoms with Gasteiger partial charge in [-0.15, -0.1) is 19.0 Å². The number of fused-ring (bicyclic) bond motifs is 1. The van der Waals surface area contributed by atoms with Crippen molar-refractivity contribution >= 4 is 18.3 Å². The van der Waals surface area contributed by atoms with Gasteiger partial charge >= 0.3 is 0 Å². The van der Waals surface area contributed by atoms with Gasteiger partial charge in [0.05, 0.1) is 0 Å². The van der Waals surface area contributed by atoms with Crippen molar-refractivity contribution in [2.24, 2.45) is 0 Å². The van der Waals surface area contributed by atoms with Gasteiger partial charge in [-0.3, -0.25) is 9.89 Å². The molecule has 1 aliphatic heterocycles. The molecule has 0 saturated carbocycles. The fourth-order valence-corrected chi connectivity index (χ4v) is 2.89. The van der Waals surface area contributed by atoms with Crippen LogP contribution in [0.5, 0.6) is 0 Å². The summed E-state index contributed by atoms with van der Waals surface area (Å²) >= 11 is 0. The third-order valence-corrected chi connectivity index (χ3v) is 4.16. The summed E-state index contributed by atoms with van der Waals surface area (Å²) in [5.74, 6) is -0.0259. The number of hydrogen-bond donors (Lipinski definition) is 2. The first-order chi connectivity index (χ1) is 11.3. The van der Waals surface area contributed by atoms with Gasteiger partial charge in [-0.1, -0.05) is 36.4 Å². The van der Waals surface area contributed by atoms with Gasteiger partial charge in [-0.25, -0.2) is 0 Å². The largest absolute Gasteiger partial charge is 0.333 e. The lowest BCUT2D eigenvalue weighted by atomic mass is 10.1. The first-order valence-electron chi connectivity index (χ1n) is 8.00. The van der Waals surface area contributed by atoms with Gasteiger partial charge in [-0.2, -0.15) is 5.10 Å². The number of halogens is 1. The minimum Gasteiger partial charge on any atom is -0.333 e. The Kier molecular flexibility index (Phi) is 6.58. The molecule has 24 heavy (non-hydrogen) atoms. The third kappa shape index (κ3) is 4.04. The van der Waals surface area contributed by atoms with E-state index in [-0.39, 0.29) is 18.3 Å². The normalized spacial score (nSPS) is 12.8. The quantitative estimate of drug-likeness (QED) is 0.789. The maximum Gasteiger partial charge on any atom is 0.274 e. The molecule has 1 amide bonds. The number of aromatic amines is 1. The number of hydrogen-bond acceptors (Lipinski definition) is 3. The number of H-pyrrole nitrogens is 1. The number of nitrogens with zero attached hydrogens (tertiary/aromatic N) is 2. The van der Waals surface area contributed by atoms with Crippen LogP contribution >= 0.6 is 12.4 Å². The zero-order valence-corrected chi connectivity index (χ0v) is 14.4. The molecule has 6 heteroatoms. The first-order valence-corrected chi connectivity index (χ1v) is 8.00. The molecule has 0 saturated heterocycles. The van der Waals surface area contributed by atoms with Gasteiger partial charge in [0.1, 0.15) is 0 Å². The molecule has 2 heterocycles. The molecule has 1 aromatic carbocycles. The Labute approximate surface area is 148 Å². The van der Waals surface area contributed by atoms with Crippen LogP contribution in [-0.2, 0) is 19.4 Å². The second-order valence-corrected chi connectivity index (χ2v) is 5.73. The second kappa shape index (κ2) is 8.66. The van der Waals surface area contributed by atoms with Crippen molar-refractivity contribution in [2.45, 2.75) is 19.4 Å². The molecule has 3 rings (SSSR count). The number of rotatable bonds is 6. The highest BCUT2D eigenvalue weighted by atomic mass is 35.5. The fourth-order valence-electron chi connectivity index (χ4n) is 2.89. The average Bonchev–Trinajstić information content (AvgIpc) is 3.03. The molecule has 1 aromatic heterocycles. The molecule has 0 atom stereocenters. The lowest BCUT2D eigenvalue weighted by Crippen LogP contribution is -2.35. The molecule has 0 aliphatic carbocycles. The number of nitrogens with one attached hydrogen (secondary N) is 2. The summed E-state index contributed by atoms with van der Waals surface area (Å²) in [5.41, 5.74) is 3.85. The molecule has 1 aliphatic rings. The van der Waals surface area contributed by atoms with Gasteiger partial charge < -0.3 is 10.2 Å². The molecule has 0 radical (unpaired) electrons. The Hall–Kier alpha value is -2.11. The summed E-state index contributed by atoms with van der Waals surface area (Å²) in [4.78, 5) is 14.7. The first kappa shape index (κ1) is 18.2. The van der Waals surface area contributed by atoms with Crippen LogP contribution in [0.15, 0.2) is 43.0 Å². The topological polar surface area (TPSA) is 61.0 Å². The van der Waals surface area contributed by atoms with Crippen molar-refractivity contribution in [3.05, 3.63) is 65.5 Å². The van der Waals surface area contributed by atoms with Crippen LogP contribution in [0.2, 0.25) is 0 Å². The molecular formula is C18H23ClN4O. The highest BCUT2D eigenvalue weighted by Gasteiger charge is 2.24. The zero-order valence-electron chi connectivity index (χ0n) is 13.6. The summed E-state index contributed by atoms with van der Waals surface area (Å²) in [6.45, 7) is 6.58. The van der Waals surface area contributed by atoms with Crippen molar-refractivity contribution in [1.29, 1.82) is 0 Å². The molecule has 0 unspecified atom stereocenters. The minimum atomic E-state index is -0.0259. The van der Waals surface area contributed by atoms with Gasteiger partial charge in [-0.05, 0) is 12.0 Å².